The van der Waals surface area contributed by atoms with Crippen LogP contribution in [0.3, 0.4) is 0 Å². The second-order valence-electron chi connectivity index (χ2n) is 5.78. The standard InChI is InChI=1S/C17H24ClN3O2/c1-2-15-5-3-4-12-21(15)16(22)10-11-19-17(23)20-14-8-6-13(18)7-9-14/h6-9,15H,2-5,10-12H2,1H3,(H2,19,20,23)/t15-/m1/s1. The normalized spacial score (nSPS) is 17.7. The first-order valence-corrected chi connectivity index (χ1v) is 8.58. The van der Waals surface area contributed by atoms with Gasteiger partial charge in [0, 0.05) is 36.3 Å². The van der Waals surface area contributed by atoms with Gasteiger partial charge in [-0.05, 0) is 49.9 Å². The van der Waals surface area contributed by atoms with Gasteiger partial charge in [-0.1, -0.05) is 18.5 Å². The van der Waals surface area contributed by atoms with Crippen LogP contribution in [0, 0.1) is 0 Å². The van der Waals surface area contributed by atoms with Crippen molar-refractivity contribution in [3.05, 3.63) is 29.3 Å². The fourth-order valence-electron chi connectivity index (χ4n) is 2.89. The van der Waals surface area contributed by atoms with Crippen LogP contribution in [0.2, 0.25) is 5.02 Å². The number of hydrogen-bond acceptors (Lipinski definition) is 2. The molecule has 0 radical (unpaired) electrons. The lowest BCUT2D eigenvalue weighted by Gasteiger charge is -2.35. The van der Waals surface area contributed by atoms with Crippen LogP contribution < -0.4 is 10.6 Å². The van der Waals surface area contributed by atoms with Gasteiger partial charge in [-0.25, -0.2) is 4.79 Å². The highest BCUT2D eigenvalue weighted by Gasteiger charge is 2.24. The van der Waals surface area contributed by atoms with E-state index in [1.54, 1.807) is 24.3 Å². The maximum Gasteiger partial charge on any atom is 0.319 e. The summed E-state index contributed by atoms with van der Waals surface area (Å²) in [6.45, 7) is 3.30. The molecule has 0 aliphatic carbocycles. The average Bonchev–Trinajstić information content (AvgIpc) is 2.56. The molecule has 0 spiro atoms. The molecule has 1 saturated heterocycles. The molecule has 23 heavy (non-hydrogen) atoms. The fraction of sp³-hybridized carbons (Fsp3) is 0.529. The second-order valence-corrected chi connectivity index (χ2v) is 6.22. The van der Waals surface area contributed by atoms with Gasteiger partial charge in [-0.15, -0.1) is 0 Å². The highest BCUT2D eigenvalue weighted by Crippen LogP contribution is 2.20. The van der Waals surface area contributed by atoms with Crippen LogP contribution in [0.5, 0.6) is 0 Å². The Labute approximate surface area is 142 Å². The number of urea groups is 1. The van der Waals surface area contributed by atoms with Gasteiger partial charge in [-0.3, -0.25) is 4.79 Å². The summed E-state index contributed by atoms with van der Waals surface area (Å²) in [7, 11) is 0. The van der Waals surface area contributed by atoms with E-state index in [-0.39, 0.29) is 11.9 Å². The molecule has 1 aliphatic heterocycles. The van der Waals surface area contributed by atoms with E-state index in [1.807, 2.05) is 4.90 Å². The number of likely N-dealkylation sites (tertiary alicyclic amines) is 1. The van der Waals surface area contributed by atoms with E-state index >= 15 is 0 Å². The molecular weight excluding hydrogens is 314 g/mol. The van der Waals surface area contributed by atoms with Crippen molar-refractivity contribution in [2.24, 2.45) is 0 Å². The predicted octanol–water partition coefficient (Wildman–Crippen LogP) is 3.64. The first kappa shape index (κ1) is 17.6. The summed E-state index contributed by atoms with van der Waals surface area (Å²) in [5.74, 6) is 0.128. The number of benzene rings is 1. The molecule has 2 rings (SSSR count). The van der Waals surface area contributed by atoms with E-state index in [0.29, 0.717) is 29.7 Å². The molecule has 1 atom stereocenters. The summed E-state index contributed by atoms with van der Waals surface area (Å²) in [5.41, 5.74) is 0.667. The third kappa shape index (κ3) is 5.43. The minimum atomic E-state index is -0.314. The zero-order valence-corrected chi connectivity index (χ0v) is 14.2. The Kier molecular flexibility index (Phi) is 6.71. The molecule has 3 amide bonds. The number of carbonyl (C=O) groups is 2. The Morgan fingerprint density at radius 2 is 2.00 bits per heavy atom. The highest BCUT2D eigenvalue weighted by molar-refractivity contribution is 6.30. The smallest absolute Gasteiger partial charge is 0.319 e. The van der Waals surface area contributed by atoms with Crippen LogP contribution >= 0.6 is 11.6 Å². The van der Waals surface area contributed by atoms with Gasteiger partial charge in [0.1, 0.15) is 0 Å². The Morgan fingerprint density at radius 1 is 1.26 bits per heavy atom. The van der Waals surface area contributed by atoms with Gasteiger partial charge >= 0.3 is 6.03 Å². The monoisotopic (exact) mass is 337 g/mol. The van der Waals surface area contributed by atoms with Crippen LogP contribution in [-0.4, -0.2) is 36.0 Å². The van der Waals surface area contributed by atoms with E-state index in [4.69, 9.17) is 11.6 Å². The molecule has 0 aromatic heterocycles. The van der Waals surface area contributed by atoms with Gasteiger partial charge in [0.25, 0.3) is 0 Å². The van der Waals surface area contributed by atoms with Crippen molar-refractivity contribution in [2.45, 2.75) is 45.1 Å². The summed E-state index contributed by atoms with van der Waals surface area (Å²) in [6.07, 6.45) is 4.70. The summed E-state index contributed by atoms with van der Waals surface area (Å²) in [4.78, 5) is 26.1. The molecule has 5 nitrogen and oxygen atoms in total. The van der Waals surface area contributed by atoms with Crippen molar-refractivity contribution >= 4 is 29.2 Å². The Bertz CT molecular complexity index is 533. The number of nitrogens with one attached hydrogen (secondary N) is 2. The van der Waals surface area contributed by atoms with E-state index in [9.17, 15) is 9.59 Å². The Morgan fingerprint density at radius 3 is 2.70 bits per heavy atom. The lowest BCUT2D eigenvalue weighted by Crippen LogP contribution is -2.44. The third-order valence-electron chi connectivity index (χ3n) is 4.15. The quantitative estimate of drug-likeness (QED) is 0.861. The molecule has 1 heterocycles. The van der Waals surface area contributed by atoms with Crippen molar-refractivity contribution in [1.29, 1.82) is 0 Å². The molecule has 1 aliphatic rings. The first-order chi connectivity index (χ1) is 11.1. The Balaban J connectivity index is 1.72. The van der Waals surface area contributed by atoms with E-state index < -0.39 is 0 Å². The second kappa shape index (κ2) is 8.77. The van der Waals surface area contributed by atoms with E-state index in [2.05, 4.69) is 17.6 Å². The van der Waals surface area contributed by atoms with Crippen molar-refractivity contribution in [3.8, 4) is 0 Å². The number of rotatable bonds is 5. The number of amides is 3. The maximum absolute atomic E-state index is 12.3. The molecule has 0 saturated carbocycles. The summed E-state index contributed by atoms with van der Waals surface area (Å²) in [5, 5.41) is 6.05. The molecule has 6 heteroatoms. The molecule has 1 fully saturated rings. The van der Waals surface area contributed by atoms with Gasteiger partial charge in [0.2, 0.25) is 5.91 Å². The zero-order chi connectivity index (χ0) is 16.7. The van der Waals surface area contributed by atoms with Gasteiger partial charge in [-0.2, -0.15) is 0 Å². The fourth-order valence-corrected chi connectivity index (χ4v) is 3.01. The topological polar surface area (TPSA) is 61.4 Å². The predicted molar refractivity (Wildman–Crippen MR) is 92.7 cm³/mol. The van der Waals surface area contributed by atoms with Crippen molar-refractivity contribution in [3.63, 3.8) is 0 Å². The zero-order valence-electron chi connectivity index (χ0n) is 13.5. The lowest BCUT2D eigenvalue weighted by molar-refractivity contribution is -0.134. The van der Waals surface area contributed by atoms with Crippen molar-refractivity contribution < 1.29 is 9.59 Å². The van der Waals surface area contributed by atoms with Crippen LogP contribution in [-0.2, 0) is 4.79 Å². The number of halogens is 1. The molecule has 0 unspecified atom stereocenters. The number of anilines is 1. The van der Waals surface area contributed by atoms with Crippen molar-refractivity contribution in [1.82, 2.24) is 10.2 Å². The molecule has 126 valence electrons. The van der Waals surface area contributed by atoms with Crippen molar-refractivity contribution in [2.75, 3.05) is 18.4 Å². The first-order valence-electron chi connectivity index (χ1n) is 8.20. The minimum Gasteiger partial charge on any atom is -0.340 e. The number of carbonyl (C=O) groups excluding carboxylic acids is 2. The van der Waals surface area contributed by atoms with Crippen LogP contribution in [0.15, 0.2) is 24.3 Å². The van der Waals surface area contributed by atoms with Gasteiger partial charge in [0.05, 0.1) is 0 Å². The van der Waals surface area contributed by atoms with Crippen LogP contribution in [0.25, 0.3) is 0 Å². The molecule has 2 N–H and O–H groups in total. The van der Waals surface area contributed by atoms with E-state index in [1.165, 1.54) is 6.42 Å². The largest absolute Gasteiger partial charge is 0.340 e. The summed E-state index contributed by atoms with van der Waals surface area (Å²) < 4.78 is 0. The lowest BCUT2D eigenvalue weighted by atomic mass is 9.99. The number of nitrogens with zero attached hydrogens (tertiary/aromatic N) is 1. The molecular formula is C17H24ClN3O2. The van der Waals surface area contributed by atoms with Gasteiger partial charge < -0.3 is 15.5 Å². The summed E-state index contributed by atoms with van der Waals surface area (Å²) >= 11 is 5.79. The van der Waals surface area contributed by atoms with Gasteiger partial charge in [0.15, 0.2) is 0 Å². The number of hydrogen-bond donors (Lipinski definition) is 2. The maximum atomic E-state index is 12.3. The molecule has 1 aromatic carbocycles. The highest BCUT2D eigenvalue weighted by atomic mass is 35.5. The summed E-state index contributed by atoms with van der Waals surface area (Å²) in [6, 6.07) is 6.92. The molecule has 0 bridgehead atoms. The molecule has 1 aromatic rings. The average molecular weight is 338 g/mol. The SMILES string of the molecule is CC[C@@H]1CCCCN1C(=O)CCNC(=O)Nc1ccc(Cl)cc1. The Hall–Kier alpha value is -1.75. The third-order valence-corrected chi connectivity index (χ3v) is 4.40. The van der Waals surface area contributed by atoms with E-state index in [0.717, 1.165) is 25.8 Å². The van der Waals surface area contributed by atoms with Crippen LogP contribution in [0.4, 0.5) is 10.5 Å². The minimum absolute atomic E-state index is 0.128. The van der Waals surface area contributed by atoms with Crippen LogP contribution in [0.1, 0.15) is 39.0 Å². The number of piperidine rings is 1.